The molecule has 0 saturated heterocycles. The molecule has 0 fully saturated rings. The van der Waals surface area contributed by atoms with Gasteiger partial charge in [-0.05, 0) is 25.0 Å². The second kappa shape index (κ2) is 6.87. The molecular weight excluding hydrogens is 321 g/mol. The van der Waals surface area contributed by atoms with Crippen LogP contribution in [0.3, 0.4) is 0 Å². The number of carbonyl (C=O) groups is 1. The van der Waals surface area contributed by atoms with Gasteiger partial charge in [-0.2, -0.15) is 13.2 Å². The fraction of sp³-hybridized carbons (Fsp3) is 0.385. The lowest BCUT2D eigenvalue weighted by Crippen LogP contribution is -2.43. The van der Waals surface area contributed by atoms with E-state index in [0.29, 0.717) is 13.1 Å². The minimum Gasteiger partial charge on any atom is -0.356 e. The van der Waals surface area contributed by atoms with Gasteiger partial charge in [-0.1, -0.05) is 17.7 Å². The molecule has 1 aromatic carbocycles. The van der Waals surface area contributed by atoms with Crippen LogP contribution in [0, 0.1) is 0 Å². The van der Waals surface area contributed by atoms with Crippen LogP contribution in [0.4, 0.5) is 23.7 Å². The summed E-state index contributed by atoms with van der Waals surface area (Å²) in [5.41, 5.74) is -1.49. The van der Waals surface area contributed by atoms with E-state index in [1.165, 1.54) is 12.1 Å². The van der Waals surface area contributed by atoms with Crippen LogP contribution in [0.1, 0.15) is 18.4 Å². The van der Waals surface area contributed by atoms with E-state index in [4.69, 9.17) is 11.6 Å². The van der Waals surface area contributed by atoms with Gasteiger partial charge in [0.2, 0.25) is 0 Å². The van der Waals surface area contributed by atoms with Crippen LogP contribution in [0.25, 0.3) is 0 Å². The summed E-state index contributed by atoms with van der Waals surface area (Å²) in [4.78, 5) is 15.9. The maximum atomic E-state index is 12.9. The largest absolute Gasteiger partial charge is 0.418 e. The highest BCUT2D eigenvalue weighted by Gasteiger charge is 2.34. The number of hydrogen-bond donors (Lipinski definition) is 3. The number of benzene rings is 1. The number of para-hydroxylation sites is 1. The lowest BCUT2D eigenvalue weighted by Gasteiger charge is -2.16. The van der Waals surface area contributed by atoms with Gasteiger partial charge in [0.1, 0.15) is 0 Å². The number of hydrogen-bond acceptors (Lipinski definition) is 3. The Labute approximate surface area is 129 Å². The van der Waals surface area contributed by atoms with Crippen LogP contribution in [0.5, 0.6) is 0 Å². The first-order valence-electron chi connectivity index (χ1n) is 6.60. The van der Waals surface area contributed by atoms with Gasteiger partial charge < -0.3 is 10.6 Å². The molecule has 1 heterocycles. The first-order chi connectivity index (χ1) is 10.4. The number of alkyl halides is 3. The highest BCUT2D eigenvalue weighted by Crippen LogP contribution is 2.38. The highest BCUT2D eigenvalue weighted by atomic mass is 35.5. The molecule has 120 valence electrons. The van der Waals surface area contributed by atoms with Gasteiger partial charge in [-0.15, -0.1) is 0 Å². The number of carbonyl (C=O) groups excluding carboxylic acids is 1. The number of nitrogens with one attached hydrogen (secondary N) is 3. The Kier molecular flexibility index (Phi) is 5.12. The van der Waals surface area contributed by atoms with Crippen molar-refractivity contribution in [3.63, 3.8) is 0 Å². The summed E-state index contributed by atoms with van der Waals surface area (Å²) in [6, 6.07) is 2.45. The van der Waals surface area contributed by atoms with Gasteiger partial charge in [-0.3, -0.25) is 10.3 Å². The molecule has 0 spiro atoms. The predicted molar refractivity (Wildman–Crippen MR) is 78.1 cm³/mol. The van der Waals surface area contributed by atoms with Gasteiger partial charge >= 0.3 is 12.2 Å². The van der Waals surface area contributed by atoms with Crippen LogP contribution in [-0.2, 0) is 6.18 Å². The molecule has 0 atom stereocenters. The molecule has 0 bridgehead atoms. The van der Waals surface area contributed by atoms with E-state index in [1.54, 1.807) is 0 Å². The average molecular weight is 335 g/mol. The molecule has 1 aliphatic rings. The molecule has 0 saturated carbocycles. The normalized spacial score (nSPS) is 15.4. The van der Waals surface area contributed by atoms with Crippen LogP contribution < -0.4 is 16.0 Å². The average Bonchev–Trinajstić information content (AvgIpc) is 2.68. The third-order valence-corrected chi connectivity index (χ3v) is 3.25. The van der Waals surface area contributed by atoms with Crippen molar-refractivity contribution in [1.82, 2.24) is 10.6 Å². The second-order valence-electron chi connectivity index (χ2n) is 4.60. The molecule has 0 unspecified atom stereocenters. The standard InChI is InChI=1S/C13H14ClF3N4O/c14-9-5-3-4-8(13(15,16)17)10(9)20-12(22)21-11-18-6-1-2-7-19-11/h3-5H,1-2,6-7H2,(H3,18,19,20,21,22). The van der Waals surface area contributed by atoms with Crippen molar-refractivity contribution in [2.24, 2.45) is 4.99 Å². The molecule has 2 rings (SSSR count). The maximum Gasteiger partial charge on any atom is 0.418 e. The van der Waals surface area contributed by atoms with E-state index in [-0.39, 0.29) is 11.0 Å². The summed E-state index contributed by atoms with van der Waals surface area (Å²) >= 11 is 5.76. The first-order valence-corrected chi connectivity index (χ1v) is 6.98. The minimum absolute atomic E-state index is 0.194. The second-order valence-corrected chi connectivity index (χ2v) is 5.01. The zero-order valence-electron chi connectivity index (χ0n) is 11.4. The summed E-state index contributed by atoms with van der Waals surface area (Å²) < 4.78 is 38.8. The van der Waals surface area contributed by atoms with Crippen LogP contribution in [0.15, 0.2) is 23.2 Å². The predicted octanol–water partition coefficient (Wildman–Crippen LogP) is 3.22. The number of nitrogens with zero attached hydrogens (tertiary/aromatic N) is 1. The number of anilines is 1. The molecule has 3 N–H and O–H groups in total. The smallest absolute Gasteiger partial charge is 0.356 e. The Bertz CT molecular complexity index is 589. The third-order valence-electron chi connectivity index (χ3n) is 2.94. The number of aliphatic imine (C=N–C) groups is 1. The maximum absolute atomic E-state index is 12.9. The van der Waals surface area contributed by atoms with Crippen molar-refractivity contribution in [3.8, 4) is 0 Å². The highest BCUT2D eigenvalue weighted by molar-refractivity contribution is 6.34. The first kappa shape index (κ1) is 16.4. The minimum atomic E-state index is -4.62. The topological polar surface area (TPSA) is 65.5 Å². The summed E-state index contributed by atoms with van der Waals surface area (Å²) in [6.45, 7) is 1.18. The zero-order valence-corrected chi connectivity index (χ0v) is 12.2. The Morgan fingerprint density at radius 3 is 2.77 bits per heavy atom. The van der Waals surface area contributed by atoms with Crippen LogP contribution in [0.2, 0.25) is 5.02 Å². The van der Waals surface area contributed by atoms with E-state index >= 15 is 0 Å². The summed E-state index contributed by atoms with van der Waals surface area (Å²) in [7, 11) is 0. The summed E-state index contributed by atoms with van der Waals surface area (Å²) in [6.07, 6.45) is -2.84. The number of halogens is 4. The van der Waals surface area contributed by atoms with Crippen LogP contribution >= 0.6 is 11.6 Å². The number of amides is 2. The zero-order chi connectivity index (χ0) is 16.2. The molecule has 22 heavy (non-hydrogen) atoms. The number of rotatable bonds is 1. The van der Waals surface area contributed by atoms with Crippen molar-refractivity contribution in [2.45, 2.75) is 19.0 Å². The lowest BCUT2D eigenvalue weighted by atomic mass is 10.1. The lowest BCUT2D eigenvalue weighted by molar-refractivity contribution is -0.136. The fourth-order valence-electron chi connectivity index (χ4n) is 1.91. The monoisotopic (exact) mass is 334 g/mol. The number of urea groups is 1. The third kappa shape index (κ3) is 4.27. The van der Waals surface area contributed by atoms with E-state index in [9.17, 15) is 18.0 Å². The summed E-state index contributed by atoms with van der Waals surface area (Å²) in [5.74, 6) is 0.232. The molecule has 2 amide bonds. The Hall–Kier alpha value is -1.96. The molecule has 0 aliphatic carbocycles. The van der Waals surface area contributed by atoms with Crippen molar-refractivity contribution < 1.29 is 18.0 Å². The molecule has 0 radical (unpaired) electrons. The van der Waals surface area contributed by atoms with Crippen molar-refractivity contribution in [2.75, 3.05) is 18.4 Å². The molecular formula is C13H14ClF3N4O. The molecule has 9 heteroatoms. The quantitative estimate of drug-likeness (QED) is 0.738. The molecule has 0 aromatic heterocycles. The van der Waals surface area contributed by atoms with Gasteiger partial charge in [0.05, 0.1) is 16.3 Å². The Morgan fingerprint density at radius 2 is 2.05 bits per heavy atom. The molecule has 5 nitrogen and oxygen atoms in total. The molecule has 1 aliphatic heterocycles. The van der Waals surface area contributed by atoms with Gasteiger partial charge in [0.15, 0.2) is 5.96 Å². The Balaban J connectivity index is 2.13. The van der Waals surface area contributed by atoms with Crippen molar-refractivity contribution >= 4 is 29.3 Å². The SMILES string of the molecule is O=C(NC1=NCCCCN1)Nc1c(Cl)cccc1C(F)(F)F. The van der Waals surface area contributed by atoms with Gasteiger partial charge in [0, 0.05) is 13.1 Å². The van der Waals surface area contributed by atoms with Gasteiger partial charge in [-0.25, -0.2) is 4.79 Å². The van der Waals surface area contributed by atoms with Crippen molar-refractivity contribution in [3.05, 3.63) is 28.8 Å². The summed E-state index contributed by atoms with van der Waals surface area (Å²) in [5, 5.41) is 7.19. The van der Waals surface area contributed by atoms with E-state index in [2.05, 4.69) is 20.9 Å². The van der Waals surface area contributed by atoms with Crippen LogP contribution in [-0.4, -0.2) is 25.1 Å². The van der Waals surface area contributed by atoms with E-state index in [0.717, 1.165) is 18.9 Å². The van der Waals surface area contributed by atoms with Crippen molar-refractivity contribution in [1.29, 1.82) is 0 Å². The fourth-order valence-corrected chi connectivity index (χ4v) is 2.14. The van der Waals surface area contributed by atoms with Gasteiger partial charge in [0.25, 0.3) is 0 Å². The van der Waals surface area contributed by atoms with E-state index < -0.39 is 23.5 Å². The van der Waals surface area contributed by atoms with E-state index in [1.807, 2.05) is 0 Å². The Morgan fingerprint density at radius 1 is 1.27 bits per heavy atom. The number of guanidine groups is 1. The molecule has 1 aromatic rings.